The van der Waals surface area contributed by atoms with Crippen molar-refractivity contribution in [2.75, 3.05) is 0 Å². The molecule has 52 heavy (non-hydrogen) atoms. The zero-order chi connectivity index (χ0) is 34.3. The third-order valence-corrected chi connectivity index (χ3v) is 12.2. The number of pyridine rings is 1. The van der Waals surface area contributed by atoms with Gasteiger partial charge in [-0.3, -0.25) is 4.98 Å². The Morgan fingerprint density at radius 2 is 1.23 bits per heavy atom. The first-order chi connectivity index (χ1) is 25.7. The minimum Gasteiger partial charge on any atom is -0.313 e. The normalized spacial score (nSPS) is 14.0. The molecule has 10 aromatic rings. The fraction of sp³-hybridized carbons (Fsp3) is 0.0625. The van der Waals surface area contributed by atoms with Crippen LogP contribution in [0.3, 0.4) is 0 Å². The van der Waals surface area contributed by atoms with E-state index < -0.39 is 0 Å². The van der Waals surface area contributed by atoms with Gasteiger partial charge in [-0.1, -0.05) is 116 Å². The van der Waals surface area contributed by atoms with E-state index in [-0.39, 0.29) is 0 Å². The van der Waals surface area contributed by atoms with E-state index in [1.54, 1.807) is 0 Å². The molecule has 0 amide bonds. The highest BCUT2D eigenvalue weighted by Crippen LogP contribution is 2.54. The lowest BCUT2D eigenvalue weighted by atomic mass is 9.85. The van der Waals surface area contributed by atoms with Gasteiger partial charge in [0.2, 0.25) is 0 Å². The molecule has 0 fully saturated rings. The monoisotopic (exact) mass is 683 g/mol. The van der Waals surface area contributed by atoms with Gasteiger partial charge in [0, 0.05) is 71.4 Å². The molecule has 4 aromatic heterocycles. The summed E-state index contributed by atoms with van der Waals surface area (Å²) >= 11 is 1.96. The summed E-state index contributed by atoms with van der Waals surface area (Å²) in [5, 5.41) is 5.11. The number of para-hydroxylation sites is 2. The molecule has 1 atom stereocenters. The van der Waals surface area contributed by atoms with Crippen LogP contribution in [-0.2, 0) is 6.42 Å². The number of hydrogen-bond acceptors (Lipinski definition) is 2. The number of rotatable bonds is 4. The van der Waals surface area contributed by atoms with Crippen LogP contribution in [-0.4, -0.2) is 14.1 Å². The molecule has 4 heteroatoms. The van der Waals surface area contributed by atoms with Gasteiger partial charge in [0.1, 0.15) is 0 Å². The van der Waals surface area contributed by atoms with Gasteiger partial charge in [0.05, 0.1) is 22.2 Å². The van der Waals surface area contributed by atoms with Crippen molar-refractivity contribution in [1.82, 2.24) is 14.1 Å². The predicted molar refractivity (Wildman–Crippen MR) is 219 cm³/mol. The molecular weight excluding hydrogens is 651 g/mol. The van der Waals surface area contributed by atoms with Gasteiger partial charge < -0.3 is 9.13 Å². The number of aromatic nitrogens is 3. The van der Waals surface area contributed by atoms with Crippen molar-refractivity contribution in [3.63, 3.8) is 0 Å². The lowest BCUT2D eigenvalue weighted by molar-refractivity contribution is 0.712. The second-order valence-electron chi connectivity index (χ2n) is 14.0. The average Bonchev–Trinajstić information content (AvgIpc) is 3.86. The summed E-state index contributed by atoms with van der Waals surface area (Å²) < 4.78 is 6.36. The van der Waals surface area contributed by atoms with Crippen molar-refractivity contribution in [2.24, 2.45) is 0 Å². The van der Waals surface area contributed by atoms with E-state index in [0.29, 0.717) is 5.92 Å². The minimum absolute atomic E-state index is 0.309. The van der Waals surface area contributed by atoms with E-state index in [1.807, 2.05) is 11.3 Å². The second kappa shape index (κ2) is 11.4. The fourth-order valence-corrected chi connectivity index (χ4v) is 10.0. The van der Waals surface area contributed by atoms with Crippen LogP contribution in [0.4, 0.5) is 0 Å². The second-order valence-corrected chi connectivity index (χ2v) is 15.1. The number of fused-ring (bicyclic) bond motifs is 11. The predicted octanol–water partition coefficient (Wildman–Crippen LogP) is 13.0. The Labute approximate surface area is 305 Å². The smallest absolute Gasteiger partial charge is 0.0723 e. The molecule has 0 aliphatic heterocycles. The van der Waals surface area contributed by atoms with Crippen molar-refractivity contribution in [2.45, 2.75) is 19.3 Å². The summed E-state index contributed by atoms with van der Waals surface area (Å²) in [6, 6.07) is 57.1. The van der Waals surface area contributed by atoms with Crippen LogP contribution < -0.4 is 0 Å². The number of nitrogens with zero attached hydrogens (tertiary/aromatic N) is 3. The molecular formula is C48H33N3S. The molecule has 1 aliphatic carbocycles. The summed E-state index contributed by atoms with van der Waals surface area (Å²) in [4.78, 5) is 6.41. The number of benzene rings is 6. The summed E-state index contributed by atoms with van der Waals surface area (Å²) in [5.74, 6) is 0.309. The zero-order valence-corrected chi connectivity index (χ0v) is 29.4. The topological polar surface area (TPSA) is 22.8 Å². The Kier molecular flexibility index (Phi) is 6.46. The van der Waals surface area contributed by atoms with Gasteiger partial charge in [-0.05, 0) is 71.6 Å². The van der Waals surface area contributed by atoms with Crippen molar-refractivity contribution in [3.05, 3.63) is 175 Å². The molecule has 1 aliphatic rings. The van der Waals surface area contributed by atoms with Gasteiger partial charge in [0.25, 0.3) is 0 Å². The summed E-state index contributed by atoms with van der Waals surface area (Å²) in [6.45, 7) is 2.42. The first kappa shape index (κ1) is 29.5. The van der Waals surface area contributed by atoms with Crippen LogP contribution in [0.5, 0.6) is 0 Å². The Balaban J connectivity index is 1.25. The number of hydrogen-bond donors (Lipinski definition) is 0. The summed E-state index contributed by atoms with van der Waals surface area (Å²) in [7, 11) is 0. The highest BCUT2D eigenvalue weighted by Gasteiger charge is 2.34. The maximum Gasteiger partial charge on any atom is 0.0723 e. The van der Waals surface area contributed by atoms with E-state index in [0.717, 1.165) is 23.4 Å². The lowest BCUT2D eigenvalue weighted by Crippen LogP contribution is -2.11. The zero-order valence-electron chi connectivity index (χ0n) is 28.6. The molecule has 0 spiro atoms. The first-order valence-corrected chi connectivity index (χ1v) is 18.8. The maximum absolute atomic E-state index is 5.02. The minimum atomic E-state index is 0.309. The van der Waals surface area contributed by atoms with Crippen LogP contribution in [0.2, 0.25) is 0 Å². The van der Waals surface area contributed by atoms with Crippen LogP contribution >= 0.6 is 11.3 Å². The molecule has 0 saturated carbocycles. The standard InChI is InChI=1S/C48H33N3S/c1-30-26-38-44-43(25-23-36-39-29-49-40(32-16-8-3-9-17-32)28-42(39)51(47(36)44)35-20-12-5-13-21-35)52-48(38)45-37-27-33(31-14-6-2-7-15-31)22-24-41(37)50(46(30)45)34-18-10-4-11-19-34/h2-25,27-30H,26H2,1H3. The Hall–Kier alpha value is -6.23. The average molecular weight is 684 g/mol. The van der Waals surface area contributed by atoms with Crippen LogP contribution in [0.1, 0.15) is 24.1 Å². The van der Waals surface area contributed by atoms with E-state index in [2.05, 4.69) is 180 Å². The van der Waals surface area contributed by atoms with E-state index in [4.69, 9.17) is 4.98 Å². The van der Waals surface area contributed by atoms with Crippen LogP contribution in [0.25, 0.3) is 87.0 Å². The maximum atomic E-state index is 5.02. The Morgan fingerprint density at radius 3 is 1.94 bits per heavy atom. The van der Waals surface area contributed by atoms with Crippen molar-refractivity contribution >= 4 is 54.1 Å². The molecule has 1 unspecified atom stereocenters. The molecule has 11 rings (SSSR count). The van der Waals surface area contributed by atoms with Crippen molar-refractivity contribution in [1.29, 1.82) is 0 Å². The van der Waals surface area contributed by atoms with E-state index in [9.17, 15) is 0 Å². The molecule has 0 bridgehead atoms. The SMILES string of the molecule is CC1Cc2c(sc3ccc4c5cnc(-c6ccccc6)cc5n(-c5ccccc5)c4c23)-c2c1n(-c1ccccc1)c1ccc(-c3ccccc3)cc21. The third-order valence-electron chi connectivity index (χ3n) is 11.0. The fourth-order valence-electron chi connectivity index (χ4n) is 8.73. The van der Waals surface area contributed by atoms with Gasteiger partial charge in [0.15, 0.2) is 0 Å². The van der Waals surface area contributed by atoms with Crippen molar-refractivity contribution in [3.8, 4) is 44.2 Å². The summed E-state index contributed by atoms with van der Waals surface area (Å²) in [6.07, 6.45) is 3.06. The third kappa shape index (κ3) is 4.28. The highest BCUT2D eigenvalue weighted by atomic mass is 32.1. The van der Waals surface area contributed by atoms with Gasteiger partial charge in [-0.15, -0.1) is 11.3 Å². The summed E-state index contributed by atoms with van der Waals surface area (Å²) in [5.41, 5.74) is 14.9. The lowest BCUT2D eigenvalue weighted by Gasteiger charge is -2.23. The molecule has 246 valence electrons. The number of thiophene rings is 1. The molecule has 6 aromatic carbocycles. The molecule has 4 heterocycles. The van der Waals surface area contributed by atoms with E-state index in [1.165, 1.54) is 81.3 Å². The Bertz CT molecular complexity index is 2970. The Morgan fingerprint density at radius 1 is 0.577 bits per heavy atom. The van der Waals surface area contributed by atoms with Crippen molar-refractivity contribution < 1.29 is 0 Å². The quantitative estimate of drug-likeness (QED) is 0.181. The van der Waals surface area contributed by atoms with E-state index >= 15 is 0 Å². The largest absolute Gasteiger partial charge is 0.313 e. The van der Waals surface area contributed by atoms with Crippen LogP contribution in [0.15, 0.2) is 164 Å². The van der Waals surface area contributed by atoms with Gasteiger partial charge in [-0.25, -0.2) is 0 Å². The molecule has 0 N–H and O–H groups in total. The molecule has 0 saturated heterocycles. The highest BCUT2D eigenvalue weighted by molar-refractivity contribution is 7.22. The van der Waals surface area contributed by atoms with Gasteiger partial charge >= 0.3 is 0 Å². The van der Waals surface area contributed by atoms with Gasteiger partial charge in [-0.2, -0.15) is 0 Å². The first-order valence-electron chi connectivity index (χ1n) is 18.0. The molecule has 0 radical (unpaired) electrons. The molecule has 3 nitrogen and oxygen atoms in total. The van der Waals surface area contributed by atoms with Crippen LogP contribution in [0, 0.1) is 0 Å².